The van der Waals surface area contributed by atoms with Crippen LogP contribution in [0, 0.1) is 13.8 Å². The van der Waals surface area contributed by atoms with E-state index in [9.17, 15) is 9.35 Å². The number of rotatable bonds is 7. The third kappa shape index (κ3) is 4.96. The van der Waals surface area contributed by atoms with Crippen LogP contribution in [0.1, 0.15) is 17.5 Å². The Morgan fingerprint density at radius 3 is 2.59 bits per heavy atom. The molecule has 1 saturated heterocycles. The molecule has 0 radical (unpaired) electrons. The second-order valence-corrected chi connectivity index (χ2v) is 8.33. The maximum absolute atomic E-state index is 12.8. The van der Waals surface area contributed by atoms with Crippen LogP contribution in [0.4, 0.5) is 5.69 Å². The van der Waals surface area contributed by atoms with Crippen molar-refractivity contribution in [3.63, 3.8) is 0 Å². The minimum atomic E-state index is -0.871. The summed E-state index contributed by atoms with van der Waals surface area (Å²) in [6, 6.07) is 13.4. The lowest BCUT2D eigenvalue weighted by Crippen LogP contribution is -2.32. The van der Waals surface area contributed by atoms with Crippen LogP contribution in [0.15, 0.2) is 42.5 Å². The fourth-order valence-corrected chi connectivity index (χ4v) is 3.35. The molecule has 2 aromatic rings. The largest absolute Gasteiger partial charge is 0.616 e. The molecule has 2 atom stereocenters. The molecule has 0 N–H and O–H groups in total. The second-order valence-electron chi connectivity index (χ2n) is 6.77. The molecule has 1 heterocycles. The number of carbonyl (C=O) groups is 1. The molecule has 0 aliphatic carbocycles. The van der Waals surface area contributed by atoms with Gasteiger partial charge in [-0.25, -0.2) is 0 Å². The molecule has 144 valence electrons. The van der Waals surface area contributed by atoms with Crippen LogP contribution in [0.3, 0.4) is 0 Å². The van der Waals surface area contributed by atoms with E-state index < -0.39 is 17.3 Å². The molecule has 1 amide bonds. The van der Waals surface area contributed by atoms with Gasteiger partial charge >= 0.3 is 0 Å². The van der Waals surface area contributed by atoms with Gasteiger partial charge in [0.1, 0.15) is 23.9 Å². The van der Waals surface area contributed by atoms with Crippen molar-refractivity contribution in [2.45, 2.75) is 26.4 Å². The summed E-state index contributed by atoms with van der Waals surface area (Å²) in [5, 5.41) is 0. The van der Waals surface area contributed by atoms with Crippen LogP contribution in [0.2, 0.25) is 0 Å². The Bertz CT molecular complexity index is 791. The first-order valence-electron chi connectivity index (χ1n) is 9.02. The third-order valence-corrected chi connectivity index (χ3v) is 5.30. The van der Waals surface area contributed by atoms with Gasteiger partial charge in [0, 0.05) is 18.7 Å². The van der Waals surface area contributed by atoms with Crippen molar-refractivity contribution in [3.05, 3.63) is 53.6 Å². The van der Waals surface area contributed by atoms with E-state index in [2.05, 4.69) is 0 Å². The van der Waals surface area contributed by atoms with Gasteiger partial charge in [-0.1, -0.05) is 28.9 Å². The van der Waals surface area contributed by atoms with Gasteiger partial charge in [-0.2, -0.15) is 0 Å². The Morgan fingerprint density at radius 2 is 1.93 bits per heavy atom. The minimum Gasteiger partial charge on any atom is -0.616 e. The van der Waals surface area contributed by atoms with E-state index in [1.807, 2.05) is 56.3 Å². The lowest BCUT2D eigenvalue weighted by atomic mass is 10.2. The molecule has 1 aliphatic rings. The molecule has 2 aromatic carbocycles. The predicted octanol–water partition coefficient (Wildman–Crippen LogP) is 3.25. The number of benzene rings is 2. The smallest absolute Gasteiger partial charge is 0.268 e. The van der Waals surface area contributed by atoms with Gasteiger partial charge in [-0.05, 0) is 49.7 Å². The highest BCUT2D eigenvalue weighted by molar-refractivity contribution is 7.90. The van der Waals surface area contributed by atoms with Gasteiger partial charge < -0.3 is 18.9 Å². The summed E-state index contributed by atoms with van der Waals surface area (Å²) < 4.78 is 22.7. The fourth-order valence-electron chi connectivity index (χ4n) is 3.03. The Kier molecular flexibility index (Phi) is 6.29. The van der Waals surface area contributed by atoms with Crippen molar-refractivity contribution in [1.29, 1.82) is 0 Å². The molecule has 0 spiro atoms. The van der Waals surface area contributed by atoms with Crippen molar-refractivity contribution in [1.82, 2.24) is 0 Å². The van der Waals surface area contributed by atoms with Crippen LogP contribution in [-0.2, 0) is 16.0 Å². The monoisotopic (exact) mass is 387 g/mol. The fraction of sp³-hybridized carbons (Fsp3) is 0.381. The van der Waals surface area contributed by atoms with Crippen LogP contribution >= 0.6 is 0 Å². The minimum absolute atomic E-state index is 0.0231. The topological polar surface area (TPSA) is 61.8 Å². The first-order chi connectivity index (χ1) is 12.9. The van der Waals surface area contributed by atoms with Crippen molar-refractivity contribution in [2.75, 3.05) is 30.1 Å². The highest BCUT2D eigenvalue weighted by atomic mass is 32.2. The standard InChI is InChI=1S/C21H25NO4S/c1-15-4-7-18(8-5-15)26-20-10-11-22(21(20)23)17-6-9-19(16(2)14-17)25-12-13-27(3)24/h4-9,14,20H,10-13H2,1-3H3. The van der Waals surface area contributed by atoms with Crippen LogP contribution in [0.5, 0.6) is 11.5 Å². The van der Waals surface area contributed by atoms with E-state index in [0.717, 1.165) is 22.6 Å². The van der Waals surface area contributed by atoms with Crippen molar-refractivity contribution in [2.24, 2.45) is 0 Å². The summed E-state index contributed by atoms with van der Waals surface area (Å²) in [4.78, 5) is 14.5. The van der Waals surface area contributed by atoms with Gasteiger partial charge in [0.15, 0.2) is 6.10 Å². The van der Waals surface area contributed by atoms with E-state index in [-0.39, 0.29) is 5.91 Å². The van der Waals surface area contributed by atoms with Crippen LogP contribution < -0.4 is 14.4 Å². The zero-order valence-corrected chi connectivity index (χ0v) is 16.8. The lowest BCUT2D eigenvalue weighted by molar-refractivity contribution is -0.122. The average Bonchev–Trinajstić information content (AvgIpc) is 2.99. The average molecular weight is 388 g/mol. The highest BCUT2D eigenvalue weighted by Gasteiger charge is 2.34. The van der Waals surface area contributed by atoms with E-state index >= 15 is 0 Å². The maximum atomic E-state index is 12.8. The van der Waals surface area contributed by atoms with Crippen molar-refractivity contribution in [3.8, 4) is 11.5 Å². The maximum Gasteiger partial charge on any atom is 0.268 e. The summed E-state index contributed by atoms with van der Waals surface area (Å²) in [5.74, 6) is 1.95. The second kappa shape index (κ2) is 8.67. The van der Waals surface area contributed by atoms with Gasteiger partial charge in [0.25, 0.3) is 5.91 Å². The Hall–Kier alpha value is -2.18. The molecule has 1 fully saturated rings. The van der Waals surface area contributed by atoms with Gasteiger partial charge in [-0.15, -0.1) is 0 Å². The molecule has 2 unspecified atom stereocenters. The van der Waals surface area contributed by atoms with Crippen LogP contribution in [0.25, 0.3) is 0 Å². The normalized spacial score (nSPS) is 17.9. The molecule has 5 nitrogen and oxygen atoms in total. The number of anilines is 1. The van der Waals surface area contributed by atoms with E-state index in [0.29, 0.717) is 31.1 Å². The number of aryl methyl sites for hydroxylation is 2. The molecular weight excluding hydrogens is 362 g/mol. The summed E-state index contributed by atoms with van der Waals surface area (Å²) >= 11 is -0.871. The molecule has 6 heteroatoms. The number of ether oxygens (including phenoxy) is 2. The summed E-state index contributed by atoms with van der Waals surface area (Å²) in [7, 11) is 0. The molecule has 3 rings (SSSR count). The van der Waals surface area contributed by atoms with E-state index in [4.69, 9.17) is 9.47 Å². The first kappa shape index (κ1) is 19.6. The molecule has 0 saturated carbocycles. The van der Waals surface area contributed by atoms with Crippen molar-refractivity contribution < 1.29 is 18.8 Å². The number of amides is 1. The number of carbonyl (C=O) groups excluding carboxylic acids is 1. The molecular formula is C21H25NO4S. The SMILES string of the molecule is Cc1ccc(OC2CCN(c3ccc(OCC[S+](C)[O-])c(C)c3)C2=O)cc1. The highest BCUT2D eigenvalue weighted by Crippen LogP contribution is 2.29. The molecule has 0 aromatic heterocycles. The quantitative estimate of drug-likeness (QED) is 0.684. The third-order valence-electron chi connectivity index (χ3n) is 4.55. The Balaban J connectivity index is 1.63. The number of nitrogens with zero attached hydrogens (tertiary/aromatic N) is 1. The van der Waals surface area contributed by atoms with Gasteiger partial charge in [-0.3, -0.25) is 4.79 Å². The first-order valence-corrected chi connectivity index (χ1v) is 10.7. The number of hydrogen-bond donors (Lipinski definition) is 0. The van der Waals surface area contributed by atoms with Crippen molar-refractivity contribution >= 4 is 22.8 Å². The van der Waals surface area contributed by atoms with Gasteiger partial charge in [0.2, 0.25) is 0 Å². The molecule has 0 bridgehead atoms. The zero-order valence-electron chi connectivity index (χ0n) is 15.9. The number of hydrogen-bond acceptors (Lipinski definition) is 4. The molecule has 1 aliphatic heterocycles. The molecule has 27 heavy (non-hydrogen) atoms. The Labute approximate surface area is 163 Å². The predicted molar refractivity (Wildman–Crippen MR) is 108 cm³/mol. The summed E-state index contributed by atoms with van der Waals surface area (Å²) in [6.45, 7) is 5.01. The lowest BCUT2D eigenvalue weighted by Gasteiger charge is -2.19. The summed E-state index contributed by atoms with van der Waals surface area (Å²) in [6.07, 6.45) is 1.86. The van der Waals surface area contributed by atoms with E-state index in [1.54, 1.807) is 11.2 Å². The summed E-state index contributed by atoms with van der Waals surface area (Å²) in [5.41, 5.74) is 2.95. The Morgan fingerprint density at radius 1 is 1.19 bits per heavy atom. The zero-order chi connectivity index (χ0) is 19.4. The van der Waals surface area contributed by atoms with Gasteiger partial charge in [0.05, 0.1) is 6.26 Å². The van der Waals surface area contributed by atoms with E-state index in [1.165, 1.54) is 0 Å². The van der Waals surface area contributed by atoms with Crippen LogP contribution in [-0.4, -0.2) is 41.7 Å².